The second kappa shape index (κ2) is 3.17. The summed E-state index contributed by atoms with van der Waals surface area (Å²) in [6.45, 7) is 0. The van der Waals surface area contributed by atoms with E-state index in [1.165, 1.54) is 13.2 Å². The van der Waals surface area contributed by atoms with Gasteiger partial charge in [-0.15, -0.1) is 0 Å². The molecule has 1 aromatic rings. The Morgan fingerprint density at radius 1 is 1.77 bits per heavy atom. The lowest BCUT2D eigenvalue weighted by molar-refractivity contribution is -0.127. The molecule has 3 nitrogen and oxygen atoms in total. The summed E-state index contributed by atoms with van der Waals surface area (Å²) in [5, 5.41) is 0. The number of likely N-dealkylation sites (tertiary alicyclic amines) is 1. The molecular formula is C10H12N2O. The molecule has 0 unspecified atom stereocenters. The smallest absolute Gasteiger partial charge is 0.222 e. The van der Waals surface area contributed by atoms with Gasteiger partial charge in [-0.3, -0.25) is 9.78 Å². The summed E-state index contributed by atoms with van der Waals surface area (Å²) < 4.78 is 30.9. The fourth-order valence-corrected chi connectivity index (χ4v) is 1.28. The minimum Gasteiger partial charge on any atom is -0.339 e. The summed E-state index contributed by atoms with van der Waals surface area (Å²) in [5.41, 5.74) is 0.495. The Bertz CT molecular complexity index is 449. The highest BCUT2D eigenvalue weighted by atomic mass is 16.2. The number of amides is 1. The van der Waals surface area contributed by atoms with Crippen LogP contribution in [0.5, 0.6) is 0 Å². The third-order valence-electron chi connectivity index (χ3n) is 2.02. The van der Waals surface area contributed by atoms with Gasteiger partial charge >= 0.3 is 0 Å². The van der Waals surface area contributed by atoms with Crippen molar-refractivity contribution < 1.29 is 10.3 Å². The monoisotopic (exact) mass is 180 g/mol. The third kappa shape index (κ3) is 1.41. The predicted octanol–water partition coefficient (Wildman–Crippen LogP) is 1.37. The molecule has 3 heteroatoms. The summed E-state index contributed by atoms with van der Waals surface area (Å²) in [4.78, 5) is 16.7. The molecule has 0 N–H and O–H groups in total. The topological polar surface area (TPSA) is 33.2 Å². The van der Waals surface area contributed by atoms with Crippen LogP contribution >= 0.6 is 0 Å². The molecular weight excluding hydrogens is 164 g/mol. The van der Waals surface area contributed by atoms with Gasteiger partial charge < -0.3 is 4.90 Å². The van der Waals surface area contributed by atoms with E-state index in [2.05, 4.69) is 4.98 Å². The van der Waals surface area contributed by atoms with Crippen molar-refractivity contribution in [3.05, 3.63) is 30.1 Å². The fraction of sp³-hybridized carbons (Fsp3) is 0.400. The van der Waals surface area contributed by atoms with Crippen molar-refractivity contribution in [2.45, 2.75) is 18.8 Å². The van der Waals surface area contributed by atoms with E-state index in [0.29, 0.717) is 5.56 Å². The normalized spacial score (nSPS) is 34.7. The Kier molecular flexibility index (Phi) is 1.16. The van der Waals surface area contributed by atoms with Gasteiger partial charge in [-0.25, -0.2) is 0 Å². The lowest BCUT2D eigenvalue weighted by Gasteiger charge is -2.19. The van der Waals surface area contributed by atoms with E-state index in [-0.39, 0.29) is 0 Å². The van der Waals surface area contributed by atoms with Gasteiger partial charge in [0.2, 0.25) is 5.91 Å². The van der Waals surface area contributed by atoms with Crippen molar-refractivity contribution in [1.82, 2.24) is 9.88 Å². The van der Waals surface area contributed by atoms with E-state index >= 15 is 0 Å². The summed E-state index contributed by atoms with van der Waals surface area (Å²) in [7, 11) is 1.41. The molecule has 0 saturated carbocycles. The number of hydrogen-bond donors (Lipinski definition) is 0. The Morgan fingerprint density at radius 2 is 2.62 bits per heavy atom. The van der Waals surface area contributed by atoms with Gasteiger partial charge in [0.15, 0.2) is 0 Å². The first-order chi connectivity index (χ1) is 7.80. The van der Waals surface area contributed by atoms with Crippen LogP contribution in [0.1, 0.15) is 29.8 Å². The minimum atomic E-state index is -2.51. The van der Waals surface area contributed by atoms with Crippen LogP contribution < -0.4 is 0 Å². The Hall–Kier alpha value is -1.38. The molecule has 2 heterocycles. The van der Waals surface area contributed by atoms with Gasteiger partial charge in [0.1, 0.15) is 0 Å². The molecule has 13 heavy (non-hydrogen) atoms. The van der Waals surface area contributed by atoms with Crippen LogP contribution in [0, 0.1) is 0 Å². The molecule has 0 spiro atoms. The molecule has 1 aromatic heterocycles. The van der Waals surface area contributed by atoms with Crippen LogP contribution in [0.15, 0.2) is 24.5 Å². The number of hydrogen-bond acceptors (Lipinski definition) is 2. The lowest BCUT2D eigenvalue weighted by Crippen LogP contribution is -2.22. The Morgan fingerprint density at radius 3 is 3.15 bits per heavy atom. The Labute approximate surface area is 83.0 Å². The molecule has 0 bridgehead atoms. The molecule has 1 fully saturated rings. The van der Waals surface area contributed by atoms with Gasteiger partial charge in [0.25, 0.3) is 0 Å². The zero-order chi connectivity index (χ0) is 12.8. The van der Waals surface area contributed by atoms with E-state index in [0.717, 1.165) is 4.90 Å². The second-order valence-corrected chi connectivity index (χ2v) is 2.87. The van der Waals surface area contributed by atoms with Crippen molar-refractivity contribution in [1.29, 1.82) is 0 Å². The van der Waals surface area contributed by atoms with Crippen LogP contribution in [0.25, 0.3) is 0 Å². The third-order valence-corrected chi connectivity index (χ3v) is 2.02. The summed E-state index contributed by atoms with van der Waals surface area (Å²) in [6.07, 6.45) is -1.79. The van der Waals surface area contributed by atoms with Crippen molar-refractivity contribution >= 4 is 5.91 Å². The van der Waals surface area contributed by atoms with Crippen LogP contribution in [0.3, 0.4) is 0 Å². The van der Waals surface area contributed by atoms with Crippen molar-refractivity contribution in [3.8, 4) is 0 Å². The number of pyridine rings is 1. The van der Waals surface area contributed by atoms with Crippen LogP contribution in [-0.2, 0) is 4.79 Å². The lowest BCUT2D eigenvalue weighted by atomic mass is 10.1. The number of rotatable bonds is 1. The van der Waals surface area contributed by atoms with Gasteiger partial charge in [-0.05, 0) is 18.0 Å². The van der Waals surface area contributed by atoms with Gasteiger partial charge in [0.05, 0.1) is 6.04 Å². The first kappa shape index (κ1) is 4.74. The molecule has 1 aliphatic heterocycles. The minimum absolute atomic E-state index is 0.495. The Balaban J connectivity index is 2.52. The quantitative estimate of drug-likeness (QED) is 0.654. The molecule has 2 rings (SSSR count). The standard InChI is InChI=1S/C10H12N2O/c1-12-9(4-5-10(12)13)8-3-2-6-11-7-8/h2-3,6-7,9H,4-5H2,1H3/t9-/m0/s1/i4D2,5D2. The average Bonchev–Trinajstić information content (AvgIpc) is 2.39. The zero-order valence-corrected chi connectivity index (χ0v) is 7.19. The molecule has 68 valence electrons. The molecule has 0 aliphatic carbocycles. The van der Waals surface area contributed by atoms with Gasteiger partial charge in [-0.1, -0.05) is 6.07 Å². The van der Waals surface area contributed by atoms with E-state index in [9.17, 15) is 4.79 Å². The van der Waals surface area contributed by atoms with Crippen molar-refractivity contribution in [2.24, 2.45) is 0 Å². The average molecular weight is 180 g/mol. The number of carbonyl (C=O) groups is 1. The van der Waals surface area contributed by atoms with E-state index in [1.807, 2.05) is 0 Å². The highest BCUT2D eigenvalue weighted by Crippen LogP contribution is 2.30. The van der Waals surface area contributed by atoms with Crippen molar-refractivity contribution in [2.75, 3.05) is 7.05 Å². The number of aromatic nitrogens is 1. The summed E-state index contributed by atoms with van der Waals surface area (Å²) in [6, 6.07) is 2.33. The summed E-state index contributed by atoms with van der Waals surface area (Å²) >= 11 is 0. The maximum atomic E-state index is 11.7. The van der Waals surface area contributed by atoms with E-state index in [1.54, 1.807) is 18.3 Å². The molecule has 1 amide bonds. The molecule has 0 radical (unpaired) electrons. The van der Waals surface area contributed by atoms with Crippen molar-refractivity contribution in [3.63, 3.8) is 0 Å². The highest BCUT2D eigenvalue weighted by Gasteiger charge is 2.28. The van der Waals surface area contributed by atoms with Gasteiger partial charge in [-0.2, -0.15) is 0 Å². The fourth-order valence-electron chi connectivity index (χ4n) is 1.28. The van der Waals surface area contributed by atoms with Gasteiger partial charge in [0, 0.05) is 31.3 Å². The number of nitrogens with zero attached hydrogens (tertiary/aromatic N) is 2. The predicted molar refractivity (Wildman–Crippen MR) is 49.0 cm³/mol. The zero-order valence-electron chi connectivity index (χ0n) is 11.2. The summed E-state index contributed by atoms with van der Waals surface area (Å²) in [5.74, 6) is -0.837. The second-order valence-electron chi connectivity index (χ2n) is 2.87. The van der Waals surface area contributed by atoms with Crippen LogP contribution in [0.4, 0.5) is 0 Å². The molecule has 0 aromatic carbocycles. The first-order valence-electron chi connectivity index (χ1n) is 5.97. The molecule has 1 atom stereocenters. The highest BCUT2D eigenvalue weighted by molar-refractivity contribution is 5.78. The molecule has 1 aliphatic rings. The SMILES string of the molecule is [2H]C1([2H])C(=O)N(C)[C@H](c2cccnc2)C1([2H])[2H]. The maximum Gasteiger partial charge on any atom is 0.222 e. The first-order valence-corrected chi connectivity index (χ1v) is 3.97. The van der Waals surface area contributed by atoms with Crippen LogP contribution in [-0.4, -0.2) is 22.8 Å². The molecule has 1 saturated heterocycles. The van der Waals surface area contributed by atoms with Crippen LogP contribution in [0.2, 0.25) is 0 Å². The number of carbonyl (C=O) groups excluding carboxylic acids is 1. The van der Waals surface area contributed by atoms with E-state index in [4.69, 9.17) is 5.48 Å². The largest absolute Gasteiger partial charge is 0.339 e. The van der Waals surface area contributed by atoms with E-state index < -0.39 is 24.7 Å². The maximum absolute atomic E-state index is 11.7.